The molecule has 2 saturated heterocycles. The topological polar surface area (TPSA) is 59.1 Å². The molecule has 2 aromatic rings. The highest BCUT2D eigenvalue weighted by Crippen LogP contribution is 2.28. The fourth-order valence-electron chi connectivity index (χ4n) is 4.37. The van der Waals surface area contributed by atoms with Crippen molar-refractivity contribution in [3.8, 4) is 0 Å². The minimum Gasteiger partial charge on any atom is -0.336 e. The second-order valence-electron chi connectivity index (χ2n) is 8.90. The van der Waals surface area contributed by atoms with Gasteiger partial charge in [0.25, 0.3) is 5.91 Å². The van der Waals surface area contributed by atoms with E-state index in [1.165, 1.54) is 29.2 Å². The number of likely N-dealkylation sites (N-methyl/N-ethyl adjacent to an activating group) is 1. The van der Waals surface area contributed by atoms with Gasteiger partial charge in [-0.15, -0.1) is 0 Å². The van der Waals surface area contributed by atoms with E-state index in [1.54, 1.807) is 24.3 Å². The third-order valence-electron chi connectivity index (χ3n) is 6.38. The first-order valence-electron chi connectivity index (χ1n) is 11.7. The number of thiocarbonyl (C=S) groups is 1. The molecule has 0 aliphatic carbocycles. The molecular weight excluding hydrogens is 489 g/mol. The maximum Gasteiger partial charge on any atom is 0.256 e. The first-order chi connectivity index (χ1) is 16.8. The van der Waals surface area contributed by atoms with Crippen molar-refractivity contribution >= 4 is 52.1 Å². The average molecular weight is 518 g/mol. The van der Waals surface area contributed by atoms with Gasteiger partial charge in [0.1, 0.15) is 11.9 Å². The van der Waals surface area contributed by atoms with E-state index in [-0.39, 0.29) is 24.1 Å². The third-order valence-corrected chi connectivity index (χ3v) is 7.05. The summed E-state index contributed by atoms with van der Waals surface area (Å²) in [5.74, 6) is -0.963. The lowest BCUT2D eigenvalue weighted by atomic mass is 10.1. The number of benzene rings is 2. The Bertz CT molecular complexity index is 1060. The minimum absolute atomic E-state index is 0.0606. The standard InChI is InChI=1S/C25H29ClFN5O2S/c1-29-13-15-30(16-14-29)11-2-12-31-22(17-23(33)28-20-7-5-19(27)6-8-20)24(34)32(25(31)35)21-9-3-18(26)4-10-21/h3-10,22H,2,11-17H2,1H3,(H,28,33). The molecule has 0 bridgehead atoms. The lowest BCUT2D eigenvalue weighted by molar-refractivity contribution is -0.124. The molecule has 0 spiro atoms. The van der Waals surface area contributed by atoms with Gasteiger partial charge in [-0.05, 0) is 80.8 Å². The van der Waals surface area contributed by atoms with Crippen molar-refractivity contribution in [3.63, 3.8) is 0 Å². The van der Waals surface area contributed by atoms with Gasteiger partial charge in [-0.3, -0.25) is 14.5 Å². The van der Waals surface area contributed by atoms with Crippen LogP contribution in [0.3, 0.4) is 0 Å². The Morgan fingerprint density at radius 2 is 1.71 bits per heavy atom. The molecule has 4 rings (SSSR count). The summed E-state index contributed by atoms with van der Waals surface area (Å²) in [5.41, 5.74) is 1.09. The van der Waals surface area contributed by atoms with E-state index in [2.05, 4.69) is 22.2 Å². The molecular formula is C25H29ClFN5O2S. The molecule has 2 amide bonds. The van der Waals surface area contributed by atoms with Gasteiger partial charge in [-0.1, -0.05) is 11.6 Å². The van der Waals surface area contributed by atoms with Gasteiger partial charge in [0.2, 0.25) is 5.91 Å². The van der Waals surface area contributed by atoms with Crippen molar-refractivity contribution in [2.45, 2.75) is 18.9 Å². The lowest BCUT2D eigenvalue weighted by Crippen LogP contribution is -2.45. The van der Waals surface area contributed by atoms with Crippen LogP contribution in [0.25, 0.3) is 0 Å². The van der Waals surface area contributed by atoms with E-state index in [0.29, 0.717) is 28.1 Å². The second-order valence-corrected chi connectivity index (χ2v) is 9.70. The SMILES string of the molecule is CN1CCN(CCCN2C(=S)N(c3ccc(Cl)cc3)C(=O)C2CC(=O)Nc2ccc(F)cc2)CC1. The summed E-state index contributed by atoms with van der Waals surface area (Å²) < 4.78 is 13.2. The van der Waals surface area contributed by atoms with Gasteiger partial charge in [0, 0.05) is 43.4 Å². The maximum atomic E-state index is 13.5. The van der Waals surface area contributed by atoms with Gasteiger partial charge >= 0.3 is 0 Å². The molecule has 1 unspecified atom stereocenters. The number of carbonyl (C=O) groups excluding carboxylic acids is 2. The maximum absolute atomic E-state index is 13.5. The smallest absolute Gasteiger partial charge is 0.256 e. The molecule has 10 heteroatoms. The quantitative estimate of drug-likeness (QED) is 0.541. The van der Waals surface area contributed by atoms with Crippen molar-refractivity contribution in [3.05, 3.63) is 59.4 Å². The summed E-state index contributed by atoms with van der Waals surface area (Å²) >= 11 is 11.7. The van der Waals surface area contributed by atoms with Crippen LogP contribution in [0.1, 0.15) is 12.8 Å². The second kappa shape index (κ2) is 11.4. The van der Waals surface area contributed by atoms with Gasteiger partial charge < -0.3 is 20.0 Å². The van der Waals surface area contributed by atoms with Crippen LogP contribution in [0, 0.1) is 5.82 Å². The summed E-state index contributed by atoms with van der Waals surface area (Å²) in [6, 6.07) is 11.7. The first-order valence-corrected chi connectivity index (χ1v) is 12.5. The van der Waals surface area contributed by atoms with E-state index >= 15 is 0 Å². The molecule has 2 fully saturated rings. The Morgan fingerprint density at radius 1 is 1.06 bits per heavy atom. The number of nitrogens with one attached hydrogen (secondary N) is 1. The van der Waals surface area contributed by atoms with E-state index in [0.717, 1.165) is 39.1 Å². The number of amides is 2. The van der Waals surface area contributed by atoms with Crippen LogP contribution < -0.4 is 10.2 Å². The predicted octanol–water partition coefficient (Wildman–Crippen LogP) is 3.45. The fourth-order valence-corrected chi connectivity index (χ4v) is 4.91. The van der Waals surface area contributed by atoms with Crippen molar-refractivity contribution in [1.29, 1.82) is 0 Å². The van der Waals surface area contributed by atoms with Crippen LogP contribution >= 0.6 is 23.8 Å². The number of rotatable bonds is 8. The molecule has 2 aromatic carbocycles. The number of anilines is 2. The van der Waals surface area contributed by atoms with Crippen molar-refractivity contribution < 1.29 is 14.0 Å². The predicted molar refractivity (Wildman–Crippen MR) is 140 cm³/mol. The van der Waals surface area contributed by atoms with Gasteiger partial charge in [0.15, 0.2) is 5.11 Å². The van der Waals surface area contributed by atoms with Crippen molar-refractivity contribution in [2.75, 3.05) is 56.5 Å². The highest BCUT2D eigenvalue weighted by molar-refractivity contribution is 7.80. The molecule has 7 nitrogen and oxygen atoms in total. The summed E-state index contributed by atoms with van der Waals surface area (Å²) in [7, 11) is 2.12. The first kappa shape index (κ1) is 25.5. The van der Waals surface area contributed by atoms with E-state index in [4.69, 9.17) is 23.8 Å². The van der Waals surface area contributed by atoms with Gasteiger partial charge in [-0.25, -0.2) is 4.39 Å². The highest BCUT2D eigenvalue weighted by Gasteiger charge is 2.43. The summed E-state index contributed by atoms with van der Waals surface area (Å²) in [6.07, 6.45) is 0.761. The Labute approximate surface area is 215 Å². The van der Waals surface area contributed by atoms with Gasteiger partial charge in [-0.2, -0.15) is 0 Å². The number of halogens is 2. The molecule has 2 aliphatic rings. The number of piperazine rings is 1. The highest BCUT2D eigenvalue weighted by atomic mass is 35.5. The summed E-state index contributed by atoms with van der Waals surface area (Å²) in [4.78, 5) is 34.3. The van der Waals surface area contributed by atoms with Crippen LogP contribution in [0.2, 0.25) is 5.02 Å². The van der Waals surface area contributed by atoms with E-state index < -0.39 is 6.04 Å². The molecule has 2 aliphatic heterocycles. The van der Waals surface area contributed by atoms with E-state index in [9.17, 15) is 14.0 Å². The Morgan fingerprint density at radius 3 is 2.37 bits per heavy atom. The zero-order chi connectivity index (χ0) is 24.9. The molecule has 35 heavy (non-hydrogen) atoms. The number of hydrogen-bond donors (Lipinski definition) is 1. The number of carbonyl (C=O) groups is 2. The minimum atomic E-state index is -0.717. The molecule has 0 aromatic heterocycles. The van der Waals surface area contributed by atoms with Crippen LogP contribution in [-0.4, -0.2) is 84.0 Å². The molecule has 1 N–H and O–H groups in total. The van der Waals surface area contributed by atoms with Crippen LogP contribution in [0.5, 0.6) is 0 Å². The zero-order valence-electron chi connectivity index (χ0n) is 19.6. The summed E-state index contributed by atoms with van der Waals surface area (Å²) in [5, 5.41) is 3.69. The zero-order valence-corrected chi connectivity index (χ0v) is 21.2. The van der Waals surface area contributed by atoms with Crippen LogP contribution in [-0.2, 0) is 9.59 Å². The van der Waals surface area contributed by atoms with Crippen molar-refractivity contribution in [1.82, 2.24) is 14.7 Å². The van der Waals surface area contributed by atoms with Crippen LogP contribution in [0.15, 0.2) is 48.5 Å². The number of nitrogens with zero attached hydrogens (tertiary/aromatic N) is 4. The van der Waals surface area contributed by atoms with Crippen molar-refractivity contribution in [2.24, 2.45) is 0 Å². The number of hydrogen-bond acceptors (Lipinski definition) is 5. The molecule has 2 heterocycles. The molecule has 0 saturated carbocycles. The molecule has 1 atom stereocenters. The monoisotopic (exact) mass is 517 g/mol. The Balaban J connectivity index is 1.46. The molecule has 186 valence electrons. The normalized spacial score (nSPS) is 19.5. The van der Waals surface area contributed by atoms with E-state index in [1.807, 2.05) is 4.90 Å². The molecule has 0 radical (unpaired) electrons. The Hall–Kier alpha value is -2.59. The average Bonchev–Trinajstić information content (AvgIpc) is 3.06. The van der Waals surface area contributed by atoms with Crippen LogP contribution in [0.4, 0.5) is 15.8 Å². The van der Waals surface area contributed by atoms with Gasteiger partial charge in [0.05, 0.1) is 12.1 Å². The summed E-state index contributed by atoms with van der Waals surface area (Å²) in [6.45, 7) is 5.57. The third kappa shape index (κ3) is 6.35. The largest absolute Gasteiger partial charge is 0.336 e. The lowest BCUT2D eigenvalue weighted by Gasteiger charge is -2.33. The fraction of sp³-hybridized carbons (Fsp3) is 0.400. The Kier molecular flexibility index (Phi) is 8.33.